The Morgan fingerprint density at radius 1 is 1.42 bits per heavy atom. The lowest BCUT2D eigenvalue weighted by atomic mass is 9.95. The molecule has 2 amide bonds. The maximum Gasteiger partial charge on any atom is 0.317 e. The van der Waals surface area contributed by atoms with E-state index in [-0.39, 0.29) is 12.1 Å². The Morgan fingerprint density at radius 3 is 3.04 bits per heavy atom. The molecule has 2 atom stereocenters. The SMILES string of the molecule is CC(C)CNC(=O)N1CCCC(Cc2nc(C3CNCCN3C)no2)C1. The van der Waals surface area contributed by atoms with Gasteiger partial charge in [-0.1, -0.05) is 19.0 Å². The van der Waals surface area contributed by atoms with Crippen LogP contribution < -0.4 is 10.6 Å². The van der Waals surface area contributed by atoms with Crippen LogP contribution in [0.15, 0.2) is 4.52 Å². The molecular weight excluding hydrogens is 332 g/mol. The summed E-state index contributed by atoms with van der Waals surface area (Å²) in [6, 6.07) is 0.218. The van der Waals surface area contributed by atoms with Gasteiger partial charge in [0.15, 0.2) is 5.82 Å². The van der Waals surface area contributed by atoms with E-state index in [1.807, 2.05) is 4.90 Å². The van der Waals surface area contributed by atoms with E-state index in [2.05, 4.69) is 46.6 Å². The van der Waals surface area contributed by atoms with E-state index in [0.29, 0.717) is 17.7 Å². The number of likely N-dealkylation sites (tertiary alicyclic amines) is 1. The molecular formula is C18H32N6O2. The number of piperidine rings is 1. The van der Waals surface area contributed by atoms with Gasteiger partial charge in [0.25, 0.3) is 0 Å². The average molecular weight is 364 g/mol. The van der Waals surface area contributed by atoms with Gasteiger partial charge in [-0.25, -0.2) is 4.79 Å². The second kappa shape index (κ2) is 8.81. The van der Waals surface area contributed by atoms with Crippen molar-refractivity contribution in [2.75, 3.05) is 46.3 Å². The van der Waals surface area contributed by atoms with Crippen LogP contribution in [-0.2, 0) is 6.42 Å². The van der Waals surface area contributed by atoms with E-state index in [1.165, 1.54) is 0 Å². The molecule has 0 saturated carbocycles. The Morgan fingerprint density at radius 2 is 2.27 bits per heavy atom. The number of hydrogen-bond donors (Lipinski definition) is 2. The number of urea groups is 1. The van der Waals surface area contributed by atoms with E-state index in [9.17, 15) is 4.79 Å². The first-order valence-electron chi connectivity index (χ1n) is 9.79. The zero-order valence-corrected chi connectivity index (χ0v) is 16.2. The Bertz CT molecular complexity index is 590. The van der Waals surface area contributed by atoms with Gasteiger partial charge in [-0.15, -0.1) is 0 Å². The Hall–Kier alpha value is -1.67. The molecule has 8 nitrogen and oxygen atoms in total. The van der Waals surface area contributed by atoms with Crippen LogP contribution >= 0.6 is 0 Å². The van der Waals surface area contributed by atoms with Crippen LogP contribution in [0.1, 0.15) is 44.4 Å². The van der Waals surface area contributed by atoms with Gasteiger partial charge in [0, 0.05) is 45.7 Å². The first kappa shape index (κ1) is 19.1. The predicted molar refractivity (Wildman–Crippen MR) is 98.8 cm³/mol. The summed E-state index contributed by atoms with van der Waals surface area (Å²) in [6.07, 6.45) is 2.86. The summed E-state index contributed by atoms with van der Waals surface area (Å²) in [5, 5.41) is 10.6. The molecule has 1 aromatic heterocycles. The van der Waals surface area contributed by atoms with Crippen molar-refractivity contribution in [3.05, 3.63) is 11.7 Å². The summed E-state index contributed by atoms with van der Waals surface area (Å²) in [7, 11) is 2.09. The summed E-state index contributed by atoms with van der Waals surface area (Å²) in [5.41, 5.74) is 0. The molecule has 2 aliphatic heterocycles. The summed E-state index contributed by atoms with van der Waals surface area (Å²) in [5.74, 6) is 2.29. The number of amides is 2. The van der Waals surface area contributed by atoms with Gasteiger partial charge in [0.1, 0.15) is 0 Å². The number of nitrogens with zero attached hydrogens (tertiary/aromatic N) is 4. The fourth-order valence-electron chi connectivity index (χ4n) is 3.65. The molecule has 1 aromatic rings. The van der Waals surface area contributed by atoms with Crippen LogP contribution in [-0.4, -0.2) is 72.3 Å². The molecule has 0 bridgehead atoms. The number of carbonyl (C=O) groups excluding carboxylic acids is 1. The molecule has 0 aromatic carbocycles. The average Bonchev–Trinajstić information content (AvgIpc) is 3.08. The Labute approximate surface area is 155 Å². The van der Waals surface area contributed by atoms with Gasteiger partial charge in [-0.3, -0.25) is 4.90 Å². The number of piperazine rings is 1. The van der Waals surface area contributed by atoms with Crippen molar-refractivity contribution in [3.8, 4) is 0 Å². The van der Waals surface area contributed by atoms with Gasteiger partial charge >= 0.3 is 6.03 Å². The van der Waals surface area contributed by atoms with Crippen LogP contribution in [0.5, 0.6) is 0 Å². The highest BCUT2D eigenvalue weighted by Gasteiger charge is 2.28. The van der Waals surface area contributed by atoms with E-state index in [0.717, 1.165) is 64.4 Å². The third kappa shape index (κ3) is 4.94. The number of likely N-dealkylation sites (N-methyl/N-ethyl adjacent to an activating group) is 1. The number of carbonyl (C=O) groups is 1. The van der Waals surface area contributed by atoms with Crippen LogP contribution in [0.2, 0.25) is 0 Å². The lowest BCUT2D eigenvalue weighted by Gasteiger charge is -2.32. The van der Waals surface area contributed by atoms with Crippen molar-refractivity contribution in [3.63, 3.8) is 0 Å². The van der Waals surface area contributed by atoms with Crippen LogP contribution in [0, 0.1) is 11.8 Å². The van der Waals surface area contributed by atoms with Gasteiger partial charge in [-0.2, -0.15) is 4.98 Å². The highest BCUT2D eigenvalue weighted by Crippen LogP contribution is 2.22. The Kier molecular flexibility index (Phi) is 6.48. The molecule has 8 heteroatoms. The standard InChI is InChI=1S/C18H32N6O2/c1-13(2)10-20-18(25)24-7-4-5-14(12-24)9-16-21-17(22-26-16)15-11-19-6-8-23(15)3/h13-15,19H,4-12H2,1-3H3,(H,20,25). The predicted octanol–water partition coefficient (Wildman–Crippen LogP) is 1.27. The third-order valence-electron chi connectivity index (χ3n) is 5.22. The minimum atomic E-state index is 0.0459. The first-order chi connectivity index (χ1) is 12.5. The normalized spacial score (nSPS) is 24.8. The molecule has 0 aliphatic carbocycles. The van der Waals surface area contributed by atoms with Crippen molar-refractivity contribution in [1.82, 2.24) is 30.6 Å². The van der Waals surface area contributed by atoms with E-state index >= 15 is 0 Å². The quantitative estimate of drug-likeness (QED) is 0.818. The minimum Gasteiger partial charge on any atom is -0.339 e. The van der Waals surface area contributed by atoms with Crippen molar-refractivity contribution >= 4 is 6.03 Å². The largest absolute Gasteiger partial charge is 0.339 e. The second-order valence-corrected chi connectivity index (χ2v) is 7.99. The summed E-state index contributed by atoms with van der Waals surface area (Å²) < 4.78 is 5.51. The fraction of sp³-hybridized carbons (Fsp3) is 0.833. The zero-order chi connectivity index (χ0) is 18.5. The molecule has 0 radical (unpaired) electrons. The van der Waals surface area contributed by atoms with Crippen LogP contribution in [0.4, 0.5) is 4.79 Å². The van der Waals surface area contributed by atoms with Gasteiger partial charge in [0.05, 0.1) is 6.04 Å². The molecule has 0 spiro atoms. The molecule has 2 unspecified atom stereocenters. The topological polar surface area (TPSA) is 86.5 Å². The number of hydrogen-bond acceptors (Lipinski definition) is 6. The highest BCUT2D eigenvalue weighted by molar-refractivity contribution is 5.74. The minimum absolute atomic E-state index is 0.0459. The van der Waals surface area contributed by atoms with Crippen molar-refractivity contribution in [2.45, 2.75) is 39.2 Å². The molecule has 3 rings (SSSR count). The Balaban J connectivity index is 1.53. The molecule has 26 heavy (non-hydrogen) atoms. The number of rotatable bonds is 5. The van der Waals surface area contributed by atoms with Crippen LogP contribution in [0.3, 0.4) is 0 Å². The zero-order valence-electron chi connectivity index (χ0n) is 16.2. The molecule has 2 aliphatic rings. The molecule has 3 heterocycles. The summed E-state index contributed by atoms with van der Waals surface area (Å²) in [6.45, 7) is 9.34. The van der Waals surface area contributed by atoms with E-state index in [1.54, 1.807) is 0 Å². The molecule has 146 valence electrons. The molecule has 2 N–H and O–H groups in total. The van der Waals surface area contributed by atoms with Gasteiger partial charge in [0.2, 0.25) is 5.89 Å². The molecule has 2 fully saturated rings. The number of nitrogens with one attached hydrogen (secondary N) is 2. The first-order valence-corrected chi connectivity index (χ1v) is 9.79. The lowest BCUT2D eigenvalue weighted by Crippen LogP contribution is -2.46. The number of aromatic nitrogens is 2. The van der Waals surface area contributed by atoms with Crippen molar-refractivity contribution in [1.29, 1.82) is 0 Å². The molecule has 2 saturated heterocycles. The highest BCUT2D eigenvalue weighted by atomic mass is 16.5. The van der Waals surface area contributed by atoms with E-state index in [4.69, 9.17) is 4.52 Å². The third-order valence-corrected chi connectivity index (χ3v) is 5.22. The van der Waals surface area contributed by atoms with Gasteiger partial charge in [-0.05, 0) is 31.7 Å². The lowest BCUT2D eigenvalue weighted by molar-refractivity contribution is 0.160. The summed E-state index contributed by atoms with van der Waals surface area (Å²) >= 11 is 0. The van der Waals surface area contributed by atoms with Crippen molar-refractivity contribution < 1.29 is 9.32 Å². The monoisotopic (exact) mass is 364 g/mol. The fourth-order valence-corrected chi connectivity index (χ4v) is 3.65. The van der Waals surface area contributed by atoms with Crippen molar-refractivity contribution in [2.24, 2.45) is 11.8 Å². The summed E-state index contributed by atoms with van der Waals surface area (Å²) in [4.78, 5) is 21.1. The maximum absolute atomic E-state index is 12.3. The smallest absolute Gasteiger partial charge is 0.317 e. The van der Waals surface area contributed by atoms with Gasteiger partial charge < -0.3 is 20.1 Å². The second-order valence-electron chi connectivity index (χ2n) is 7.99. The van der Waals surface area contributed by atoms with Crippen LogP contribution in [0.25, 0.3) is 0 Å². The van der Waals surface area contributed by atoms with E-state index < -0.39 is 0 Å². The maximum atomic E-state index is 12.3.